The van der Waals surface area contributed by atoms with Gasteiger partial charge in [0.15, 0.2) is 0 Å². The van der Waals surface area contributed by atoms with E-state index in [1.165, 1.54) is 44.1 Å². The van der Waals surface area contributed by atoms with Gasteiger partial charge in [-0.25, -0.2) is 0 Å². The second-order valence-electron chi connectivity index (χ2n) is 6.56. The first-order valence-electron chi connectivity index (χ1n) is 7.67. The van der Waals surface area contributed by atoms with E-state index in [4.69, 9.17) is 4.74 Å². The third kappa shape index (κ3) is 2.86. The Balaban J connectivity index is 2.23. The van der Waals surface area contributed by atoms with E-state index in [1.807, 2.05) is 0 Å². The van der Waals surface area contributed by atoms with Gasteiger partial charge in [-0.05, 0) is 42.1 Å². The summed E-state index contributed by atoms with van der Waals surface area (Å²) in [6.45, 7) is 5.86. The van der Waals surface area contributed by atoms with Gasteiger partial charge in [-0.1, -0.05) is 57.0 Å². The van der Waals surface area contributed by atoms with Gasteiger partial charge < -0.3 is 4.74 Å². The molecule has 0 aliphatic heterocycles. The van der Waals surface area contributed by atoms with E-state index < -0.39 is 0 Å². The Morgan fingerprint density at radius 1 is 1.05 bits per heavy atom. The number of hydrogen-bond acceptors (Lipinski definition) is 1. The van der Waals surface area contributed by atoms with Crippen LogP contribution in [0.3, 0.4) is 0 Å². The summed E-state index contributed by atoms with van der Waals surface area (Å²) in [5.41, 5.74) is 2.25. The predicted molar refractivity (Wildman–Crippen MR) is 81.5 cm³/mol. The van der Waals surface area contributed by atoms with Crippen molar-refractivity contribution in [2.24, 2.45) is 5.41 Å². The number of ether oxygens (including phenoxy) is 1. The molecule has 1 saturated carbocycles. The minimum Gasteiger partial charge on any atom is -0.385 e. The molecule has 0 amide bonds. The van der Waals surface area contributed by atoms with Crippen LogP contribution in [0.15, 0.2) is 30.3 Å². The zero-order chi connectivity index (χ0) is 13.8. The maximum Gasteiger partial charge on any atom is 0.0462 e. The second kappa shape index (κ2) is 6.09. The molecule has 106 valence electrons. The van der Waals surface area contributed by atoms with Gasteiger partial charge in [0, 0.05) is 13.7 Å². The molecule has 0 heterocycles. The molecule has 2 atom stereocenters. The lowest BCUT2D eigenvalue weighted by molar-refractivity contribution is 0.0643. The van der Waals surface area contributed by atoms with Gasteiger partial charge in [0.2, 0.25) is 0 Å². The molecule has 0 aromatic heterocycles. The molecule has 0 radical (unpaired) electrons. The van der Waals surface area contributed by atoms with E-state index in [0.29, 0.717) is 10.8 Å². The van der Waals surface area contributed by atoms with E-state index in [1.54, 1.807) is 7.11 Å². The molecule has 1 aliphatic rings. The molecule has 0 bridgehead atoms. The van der Waals surface area contributed by atoms with Gasteiger partial charge in [-0.2, -0.15) is 0 Å². The summed E-state index contributed by atoms with van der Waals surface area (Å²) in [6, 6.07) is 11.1. The van der Waals surface area contributed by atoms with Crippen LogP contribution in [0.4, 0.5) is 0 Å². The average molecular weight is 260 g/mol. The first kappa shape index (κ1) is 14.6. The van der Waals surface area contributed by atoms with Gasteiger partial charge in [0.1, 0.15) is 0 Å². The minimum absolute atomic E-state index is 0.320. The van der Waals surface area contributed by atoms with Crippen LogP contribution in [0.1, 0.15) is 57.9 Å². The highest BCUT2D eigenvalue weighted by atomic mass is 16.5. The first-order chi connectivity index (χ1) is 9.12. The van der Waals surface area contributed by atoms with Crippen LogP contribution >= 0.6 is 0 Å². The molecule has 1 aliphatic carbocycles. The Kier molecular flexibility index (Phi) is 4.67. The van der Waals surface area contributed by atoms with Gasteiger partial charge in [0.25, 0.3) is 0 Å². The Morgan fingerprint density at radius 3 is 2.42 bits per heavy atom. The van der Waals surface area contributed by atoms with Crippen molar-refractivity contribution in [3.05, 3.63) is 35.9 Å². The summed E-state index contributed by atoms with van der Waals surface area (Å²) in [5.74, 6) is 0. The molecule has 1 heteroatoms. The van der Waals surface area contributed by atoms with Crippen LogP contribution in [0.2, 0.25) is 0 Å². The first-order valence-corrected chi connectivity index (χ1v) is 7.67. The molecule has 0 unspecified atom stereocenters. The molecular weight excluding hydrogens is 232 g/mol. The fourth-order valence-corrected chi connectivity index (χ4v) is 3.88. The normalized spacial score (nSPS) is 31.3. The van der Waals surface area contributed by atoms with Crippen LogP contribution in [0, 0.1) is 5.41 Å². The SMILES string of the molecule is COCCC[C@]1(C)CCCC[C@]1(C)c1ccccc1. The second-order valence-corrected chi connectivity index (χ2v) is 6.56. The molecule has 1 nitrogen and oxygen atoms in total. The summed E-state index contributed by atoms with van der Waals surface area (Å²) in [6.07, 6.45) is 7.86. The van der Waals surface area contributed by atoms with E-state index in [0.717, 1.165) is 6.61 Å². The summed E-state index contributed by atoms with van der Waals surface area (Å²) in [4.78, 5) is 0. The molecule has 1 fully saturated rings. The molecule has 2 rings (SSSR count). The Bertz CT molecular complexity index is 386. The molecule has 0 saturated heterocycles. The van der Waals surface area contributed by atoms with Crippen molar-refractivity contribution in [2.45, 2.75) is 57.8 Å². The van der Waals surface area contributed by atoms with Gasteiger partial charge in [-0.15, -0.1) is 0 Å². The van der Waals surface area contributed by atoms with E-state index in [9.17, 15) is 0 Å². The van der Waals surface area contributed by atoms with E-state index in [2.05, 4.69) is 44.2 Å². The topological polar surface area (TPSA) is 9.23 Å². The number of hydrogen-bond donors (Lipinski definition) is 0. The lowest BCUT2D eigenvalue weighted by Crippen LogP contribution is -2.44. The summed E-state index contributed by atoms with van der Waals surface area (Å²) in [7, 11) is 1.81. The molecule has 1 aromatic carbocycles. The molecule has 1 aromatic rings. The van der Waals surface area contributed by atoms with Crippen molar-refractivity contribution in [1.29, 1.82) is 0 Å². The van der Waals surface area contributed by atoms with Crippen molar-refractivity contribution >= 4 is 0 Å². The largest absolute Gasteiger partial charge is 0.385 e. The van der Waals surface area contributed by atoms with Gasteiger partial charge in [0.05, 0.1) is 0 Å². The predicted octanol–water partition coefficient (Wildman–Crippen LogP) is 4.95. The molecule has 0 spiro atoms. The minimum atomic E-state index is 0.320. The lowest BCUT2D eigenvalue weighted by Gasteiger charge is -2.51. The molecular formula is C18H28O. The van der Waals surface area contributed by atoms with Gasteiger partial charge >= 0.3 is 0 Å². The average Bonchev–Trinajstić information content (AvgIpc) is 2.44. The highest BCUT2D eigenvalue weighted by Crippen LogP contribution is 2.54. The number of benzene rings is 1. The monoisotopic (exact) mass is 260 g/mol. The van der Waals surface area contributed by atoms with Crippen molar-refractivity contribution in [2.75, 3.05) is 13.7 Å². The fraction of sp³-hybridized carbons (Fsp3) is 0.667. The van der Waals surface area contributed by atoms with Crippen LogP contribution in [-0.4, -0.2) is 13.7 Å². The van der Waals surface area contributed by atoms with Crippen LogP contribution < -0.4 is 0 Å². The third-order valence-electron chi connectivity index (χ3n) is 5.48. The number of methoxy groups -OCH3 is 1. The highest BCUT2D eigenvalue weighted by Gasteiger charge is 2.46. The van der Waals surface area contributed by atoms with E-state index in [-0.39, 0.29) is 0 Å². The van der Waals surface area contributed by atoms with Crippen LogP contribution in [-0.2, 0) is 10.2 Å². The quantitative estimate of drug-likeness (QED) is 0.681. The van der Waals surface area contributed by atoms with Gasteiger partial charge in [-0.3, -0.25) is 0 Å². The third-order valence-corrected chi connectivity index (χ3v) is 5.48. The maximum atomic E-state index is 5.25. The highest BCUT2D eigenvalue weighted by molar-refractivity contribution is 5.28. The molecule has 0 N–H and O–H groups in total. The lowest BCUT2D eigenvalue weighted by atomic mass is 9.53. The van der Waals surface area contributed by atoms with Crippen LogP contribution in [0.5, 0.6) is 0 Å². The Hall–Kier alpha value is -0.820. The van der Waals surface area contributed by atoms with Crippen molar-refractivity contribution in [3.8, 4) is 0 Å². The van der Waals surface area contributed by atoms with Crippen molar-refractivity contribution in [3.63, 3.8) is 0 Å². The summed E-state index contributed by atoms with van der Waals surface area (Å²) in [5, 5.41) is 0. The van der Waals surface area contributed by atoms with Crippen molar-refractivity contribution in [1.82, 2.24) is 0 Å². The summed E-state index contributed by atoms with van der Waals surface area (Å²) >= 11 is 0. The Morgan fingerprint density at radius 2 is 1.74 bits per heavy atom. The zero-order valence-corrected chi connectivity index (χ0v) is 12.7. The van der Waals surface area contributed by atoms with Crippen LogP contribution in [0.25, 0.3) is 0 Å². The van der Waals surface area contributed by atoms with Crippen molar-refractivity contribution < 1.29 is 4.74 Å². The fourth-order valence-electron chi connectivity index (χ4n) is 3.88. The molecule has 19 heavy (non-hydrogen) atoms. The maximum absolute atomic E-state index is 5.25. The summed E-state index contributed by atoms with van der Waals surface area (Å²) < 4.78 is 5.25. The zero-order valence-electron chi connectivity index (χ0n) is 12.7. The Labute approximate surface area is 118 Å². The van der Waals surface area contributed by atoms with E-state index >= 15 is 0 Å². The number of rotatable bonds is 5. The smallest absolute Gasteiger partial charge is 0.0462 e. The standard InChI is InChI=1S/C18H28O/c1-17(13-9-15-19-3)12-7-8-14-18(17,2)16-10-5-4-6-11-16/h4-6,10-11H,7-9,12-15H2,1-3H3/t17-,18+/m0/s1.